The molecule has 0 saturated heterocycles. The van der Waals surface area contributed by atoms with Crippen LogP contribution >= 0.6 is 45.2 Å². The fourth-order valence-electron chi connectivity index (χ4n) is 2.36. The highest BCUT2D eigenvalue weighted by molar-refractivity contribution is 14.1. The number of halogens is 2. The van der Waals surface area contributed by atoms with E-state index in [1.165, 1.54) is 45.2 Å². The lowest BCUT2D eigenvalue weighted by Gasteiger charge is -2.07. The summed E-state index contributed by atoms with van der Waals surface area (Å²) in [5.74, 6) is 0. The van der Waals surface area contributed by atoms with E-state index in [0.717, 1.165) is 24.3 Å². The number of nitro groups is 4. The van der Waals surface area contributed by atoms with Crippen LogP contribution in [0.4, 0.5) is 22.7 Å². The zero-order chi connectivity index (χ0) is 20.5. The molecule has 0 amide bonds. The summed E-state index contributed by atoms with van der Waals surface area (Å²) in [6, 6.07) is 4.45. The predicted molar refractivity (Wildman–Crippen MR) is 108 cm³/mol. The fraction of sp³-hybridized carbons (Fsp3) is 0.0769. The number of benzene rings is 2. The predicted octanol–water partition coefficient (Wildman–Crippen LogP) is 4.12. The summed E-state index contributed by atoms with van der Waals surface area (Å²) < 4.78 is -0.418. The molecule has 0 N–H and O–H groups in total. The van der Waals surface area contributed by atoms with Crippen molar-refractivity contribution in [1.82, 2.24) is 0 Å². The molecule has 0 spiro atoms. The van der Waals surface area contributed by atoms with Crippen molar-refractivity contribution in [2.45, 2.75) is 6.42 Å². The minimum Gasteiger partial charge on any atom is -0.258 e. The molecular formula is C13H6I2N4O8. The number of nitro benzene ring substituents is 4. The van der Waals surface area contributed by atoms with Crippen molar-refractivity contribution in [3.63, 3.8) is 0 Å². The molecule has 0 unspecified atom stereocenters. The van der Waals surface area contributed by atoms with Crippen LogP contribution in [0.25, 0.3) is 0 Å². The van der Waals surface area contributed by atoms with Gasteiger partial charge in [0.15, 0.2) is 7.14 Å². The molecule has 0 radical (unpaired) electrons. The van der Waals surface area contributed by atoms with Gasteiger partial charge in [0.1, 0.15) is 0 Å². The number of rotatable bonds is 6. The van der Waals surface area contributed by atoms with E-state index in [0.29, 0.717) is 0 Å². The molecule has 2 rings (SSSR count). The van der Waals surface area contributed by atoms with Crippen LogP contribution in [0.1, 0.15) is 11.1 Å². The fourth-order valence-corrected chi connectivity index (χ4v) is 4.20. The molecule has 0 atom stereocenters. The highest BCUT2D eigenvalue weighted by Gasteiger charge is 2.31. The van der Waals surface area contributed by atoms with Gasteiger partial charge in [-0.1, -0.05) is 0 Å². The van der Waals surface area contributed by atoms with Crippen molar-refractivity contribution in [2.24, 2.45) is 0 Å². The summed E-state index contributed by atoms with van der Waals surface area (Å²) in [5.41, 5.74) is -1.96. The van der Waals surface area contributed by atoms with Gasteiger partial charge in [-0.15, -0.1) is 0 Å². The second kappa shape index (κ2) is 8.03. The Balaban J connectivity index is 2.67. The van der Waals surface area contributed by atoms with E-state index in [1.54, 1.807) is 0 Å². The van der Waals surface area contributed by atoms with Gasteiger partial charge in [0.05, 0.1) is 19.7 Å². The third-order valence-corrected chi connectivity index (χ3v) is 5.63. The van der Waals surface area contributed by atoms with Crippen LogP contribution in [0.3, 0.4) is 0 Å². The summed E-state index contributed by atoms with van der Waals surface area (Å²) >= 11 is 2.95. The second-order valence-electron chi connectivity index (χ2n) is 5.02. The Hall–Kier alpha value is -2.50. The zero-order valence-electron chi connectivity index (χ0n) is 12.8. The molecule has 0 saturated carbocycles. The molecule has 12 nitrogen and oxygen atoms in total. The molecule has 0 aromatic heterocycles. The zero-order valence-corrected chi connectivity index (χ0v) is 17.1. The molecule has 0 aliphatic carbocycles. The Labute approximate surface area is 176 Å². The minimum absolute atomic E-state index is 0.0164. The molecule has 2 aromatic rings. The second-order valence-corrected chi connectivity index (χ2v) is 7.18. The number of nitrogens with zero attached hydrogens (tertiary/aromatic N) is 4. The first-order chi connectivity index (χ1) is 12.6. The summed E-state index contributed by atoms with van der Waals surface area (Å²) in [7, 11) is 0. The summed E-state index contributed by atoms with van der Waals surface area (Å²) in [4.78, 5) is 41.6. The van der Waals surface area contributed by atoms with Crippen LogP contribution in [-0.2, 0) is 6.42 Å². The normalized spacial score (nSPS) is 10.4. The van der Waals surface area contributed by atoms with Crippen LogP contribution in [0.15, 0.2) is 24.3 Å². The van der Waals surface area contributed by atoms with Gasteiger partial charge < -0.3 is 0 Å². The largest absolute Gasteiger partial charge is 0.293 e. The molecule has 14 heteroatoms. The quantitative estimate of drug-likeness (QED) is 0.271. The van der Waals surface area contributed by atoms with E-state index < -0.39 is 42.4 Å². The summed E-state index contributed by atoms with van der Waals surface area (Å²) in [6.45, 7) is 0. The Kier molecular flexibility index (Phi) is 6.19. The highest BCUT2D eigenvalue weighted by Crippen LogP contribution is 2.38. The van der Waals surface area contributed by atoms with Crippen LogP contribution in [0.2, 0.25) is 0 Å². The third-order valence-electron chi connectivity index (χ3n) is 3.50. The molecule has 140 valence electrons. The van der Waals surface area contributed by atoms with Crippen molar-refractivity contribution in [2.75, 3.05) is 0 Å². The van der Waals surface area contributed by atoms with Gasteiger partial charge in [-0.2, -0.15) is 0 Å². The van der Waals surface area contributed by atoms with Crippen molar-refractivity contribution in [3.05, 3.63) is 83.0 Å². The molecule has 0 aliphatic rings. The maximum absolute atomic E-state index is 11.4. The molecule has 0 fully saturated rings. The van der Waals surface area contributed by atoms with Crippen LogP contribution in [0.5, 0.6) is 0 Å². The van der Waals surface area contributed by atoms with Crippen molar-refractivity contribution in [3.8, 4) is 0 Å². The van der Waals surface area contributed by atoms with Gasteiger partial charge in [-0.05, 0) is 57.3 Å². The van der Waals surface area contributed by atoms with Gasteiger partial charge in [0.2, 0.25) is 0 Å². The summed E-state index contributed by atoms with van der Waals surface area (Å²) in [5, 5.41) is 44.7. The molecule has 0 heterocycles. The third kappa shape index (κ3) is 4.10. The van der Waals surface area contributed by atoms with Crippen molar-refractivity contribution in [1.29, 1.82) is 0 Å². The van der Waals surface area contributed by atoms with Gasteiger partial charge >= 0.3 is 0 Å². The standard InChI is InChI=1S/C13H6I2N4O8/c14-10-8(16(20)21)3-1-6(12(10)18(24)25)5-7-2-4-9(17(22)23)11(15)13(7)19(26)27/h1-4H,5H2. The Morgan fingerprint density at radius 1 is 0.630 bits per heavy atom. The molecule has 0 bridgehead atoms. The lowest BCUT2D eigenvalue weighted by Crippen LogP contribution is -2.06. The maximum atomic E-state index is 11.4. The first-order valence-electron chi connectivity index (χ1n) is 6.76. The van der Waals surface area contributed by atoms with E-state index in [4.69, 9.17) is 0 Å². The van der Waals surface area contributed by atoms with E-state index in [1.807, 2.05) is 0 Å². The lowest BCUT2D eigenvalue weighted by atomic mass is 10.0. The Morgan fingerprint density at radius 2 is 0.963 bits per heavy atom. The van der Waals surface area contributed by atoms with Crippen LogP contribution < -0.4 is 0 Å². The van der Waals surface area contributed by atoms with Gasteiger partial charge in [-0.25, -0.2) is 0 Å². The van der Waals surface area contributed by atoms with Gasteiger partial charge in [-0.3, -0.25) is 40.5 Å². The van der Waals surface area contributed by atoms with E-state index in [2.05, 4.69) is 0 Å². The lowest BCUT2D eigenvalue weighted by molar-refractivity contribution is -0.396. The average molecular weight is 600 g/mol. The number of hydrogen-bond donors (Lipinski definition) is 0. The summed E-state index contributed by atoms with van der Waals surface area (Å²) in [6.07, 6.45) is -0.297. The highest BCUT2D eigenvalue weighted by atomic mass is 127. The Bertz CT molecular complexity index is 931. The smallest absolute Gasteiger partial charge is 0.258 e. The average Bonchev–Trinajstić information content (AvgIpc) is 2.53. The van der Waals surface area contributed by atoms with E-state index in [-0.39, 0.29) is 24.7 Å². The molecule has 2 aromatic carbocycles. The van der Waals surface area contributed by atoms with Crippen molar-refractivity contribution < 1.29 is 19.7 Å². The maximum Gasteiger partial charge on any atom is 0.293 e. The van der Waals surface area contributed by atoms with Gasteiger partial charge in [0.25, 0.3) is 22.7 Å². The van der Waals surface area contributed by atoms with E-state index in [9.17, 15) is 40.5 Å². The molecule has 27 heavy (non-hydrogen) atoms. The van der Waals surface area contributed by atoms with E-state index >= 15 is 0 Å². The van der Waals surface area contributed by atoms with Crippen LogP contribution in [-0.4, -0.2) is 19.7 Å². The van der Waals surface area contributed by atoms with Crippen LogP contribution in [0, 0.1) is 47.6 Å². The molecule has 0 aliphatic heterocycles. The first-order valence-corrected chi connectivity index (χ1v) is 8.92. The minimum atomic E-state index is -0.799. The topological polar surface area (TPSA) is 173 Å². The SMILES string of the molecule is O=[N+]([O-])c1ccc(Cc2ccc([N+](=O)[O-])c(I)c2[N+](=O)[O-])c([N+](=O)[O-])c1I. The number of hydrogen-bond acceptors (Lipinski definition) is 8. The first kappa shape index (κ1) is 20.8. The monoisotopic (exact) mass is 600 g/mol. The van der Waals surface area contributed by atoms with Crippen molar-refractivity contribution >= 4 is 67.9 Å². The molecular weight excluding hydrogens is 594 g/mol. The Morgan fingerprint density at radius 3 is 1.22 bits per heavy atom. The van der Waals surface area contributed by atoms with Gasteiger partial charge in [0, 0.05) is 29.7 Å².